The van der Waals surface area contributed by atoms with E-state index in [1.807, 2.05) is 0 Å². The highest BCUT2D eigenvalue weighted by Crippen LogP contribution is 2.28. The molecule has 0 saturated carbocycles. The molecule has 2 aromatic rings. The second-order valence-corrected chi connectivity index (χ2v) is 8.65. The van der Waals surface area contributed by atoms with Gasteiger partial charge in [0, 0.05) is 17.9 Å². The summed E-state index contributed by atoms with van der Waals surface area (Å²) in [5, 5.41) is 6.32. The van der Waals surface area contributed by atoms with E-state index in [2.05, 4.69) is 15.6 Å². The Kier molecular flexibility index (Phi) is 5.33. The lowest BCUT2D eigenvalue weighted by atomic mass is 10.2. The summed E-state index contributed by atoms with van der Waals surface area (Å²) in [5.41, 5.74) is 1.67. The molecule has 0 aliphatic carbocycles. The van der Waals surface area contributed by atoms with Gasteiger partial charge in [-0.25, -0.2) is 8.42 Å². The quantitative estimate of drug-likeness (QED) is 0.806. The summed E-state index contributed by atoms with van der Waals surface area (Å²) < 4.78 is 28.1. The van der Waals surface area contributed by atoms with Gasteiger partial charge in [0.25, 0.3) is 5.91 Å². The highest BCUT2D eigenvalue weighted by molar-refractivity contribution is 7.91. The van der Waals surface area contributed by atoms with Gasteiger partial charge >= 0.3 is 0 Å². The van der Waals surface area contributed by atoms with Gasteiger partial charge < -0.3 is 15.4 Å². The Balaban J connectivity index is 1.70. The van der Waals surface area contributed by atoms with Gasteiger partial charge in [-0.15, -0.1) is 0 Å². The Morgan fingerprint density at radius 1 is 1.27 bits per heavy atom. The van der Waals surface area contributed by atoms with Crippen molar-refractivity contribution in [2.24, 2.45) is 0 Å². The maximum Gasteiger partial charge on any atom is 0.253 e. The van der Waals surface area contributed by atoms with E-state index in [0.717, 1.165) is 5.69 Å². The van der Waals surface area contributed by atoms with Crippen molar-refractivity contribution in [1.82, 2.24) is 10.3 Å². The molecular weight excluding hydrogens is 378 g/mol. The number of sulfone groups is 1. The van der Waals surface area contributed by atoms with Crippen molar-refractivity contribution in [3.8, 4) is 5.75 Å². The Hall–Kier alpha value is -2.32. The summed E-state index contributed by atoms with van der Waals surface area (Å²) in [5.74, 6) is 0.302. The van der Waals surface area contributed by atoms with Crippen molar-refractivity contribution in [3.63, 3.8) is 0 Å². The number of hydrogen-bond acceptors (Lipinski definition) is 6. The molecule has 2 N–H and O–H groups in total. The third-order valence-electron chi connectivity index (χ3n) is 4.01. The predicted molar refractivity (Wildman–Crippen MR) is 100 cm³/mol. The molecule has 1 aliphatic heterocycles. The molecule has 0 spiro atoms. The number of rotatable bonds is 5. The molecule has 26 heavy (non-hydrogen) atoms. The predicted octanol–water partition coefficient (Wildman–Crippen LogP) is 2.40. The van der Waals surface area contributed by atoms with Crippen LogP contribution in [0.15, 0.2) is 36.7 Å². The highest BCUT2D eigenvalue weighted by atomic mass is 35.5. The molecule has 1 aromatic heterocycles. The summed E-state index contributed by atoms with van der Waals surface area (Å²) in [4.78, 5) is 16.4. The minimum Gasteiger partial charge on any atom is -0.495 e. The number of halogens is 1. The molecule has 1 aromatic carbocycles. The molecule has 1 fully saturated rings. The fraction of sp³-hybridized carbons (Fsp3) is 0.294. The van der Waals surface area contributed by atoms with Crippen molar-refractivity contribution < 1.29 is 17.9 Å². The third-order valence-corrected chi connectivity index (χ3v) is 6.07. The lowest BCUT2D eigenvalue weighted by Gasteiger charge is -2.12. The number of nitrogens with zero attached hydrogens (tertiary/aromatic N) is 1. The van der Waals surface area contributed by atoms with Crippen molar-refractivity contribution in [2.45, 2.75) is 12.5 Å². The van der Waals surface area contributed by atoms with Crippen LogP contribution in [0.1, 0.15) is 16.8 Å². The molecule has 1 saturated heterocycles. The van der Waals surface area contributed by atoms with Crippen LogP contribution in [-0.2, 0) is 9.84 Å². The fourth-order valence-electron chi connectivity index (χ4n) is 2.72. The Labute approximate surface area is 156 Å². The number of anilines is 2. The van der Waals surface area contributed by atoms with Gasteiger partial charge in [-0.3, -0.25) is 9.78 Å². The summed E-state index contributed by atoms with van der Waals surface area (Å²) >= 11 is 6.10. The minimum absolute atomic E-state index is 0.0194. The zero-order valence-corrected chi connectivity index (χ0v) is 15.6. The van der Waals surface area contributed by atoms with Crippen LogP contribution in [0.3, 0.4) is 0 Å². The number of amides is 1. The SMILES string of the molecule is COc1ccc(Nc2cncc(C(=O)NC3CCS(=O)(=O)C3)c2)cc1Cl. The number of pyridine rings is 1. The first-order chi connectivity index (χ1) is 12.4. The van der Waals surface area contributed by atoms with Crippen LogP contribution in [0, 0.1) is 0 Å². The zero-order valence-electron chi connectivity index (χ0n) is 14.0. The summed E-state index contributed by atoms with van der Waals surface area (Å²) in [6, 6.07) is 6.51. The number of methoxy groups -OCH3 is 1. The molecule has 0 bridgehead atoms. The summed E-state index contributed by atoms with van der Waals surface area (Å²) in [6.07, 6.45) is 3.45. The monoisotopic (exact) mass is 395 g/mol. The highest BCUT2D eigenvalue weighted by Gasteiger charge is 2.29. The molecule has 0 radical (unpaired) electrons. The first kappa shape index (κ1) is 18.5. The Bertz CT molecular complexity index is 933. The number of ether oxygens (including phenoxy) is 1. The first-order valence-electron chi connectivity index (χ1n) is 7.93. The Morgan fingerprint density at radius 2 is 2.08 bits per heavy atom. The molecule has 1 unspecified atom stereocenters. The van der Waals surface area contributed by atoms with Crippen LogP contribution in [0.2, 0.25) is 5.02 Å². The van der Waals surface area contributed by atoms with E-state index >= 15 is 0 Å². The number of aromatic nitrogens is 1. The van der Waals surface area contributed by atoms with Crippen LogP contribution >= 0.6 is 11.6 Å². The van der Waals surface area contributed by atoms with E-state index in [0.29, 0.717) is 28.4 Å². The number of carbonyl (C=O) groups excluding carboxylic acids is 1. The summed E-state index contributed by atoms with van der Waals surface area (Å²) in [6.45, 7) is 0. The standard InChI is InChI=1S/C17H18ClN3O4S/c1-25-16-3-2-12(7-15(16)18)20-14-6-11(8-19-9-14)17(22)21-13-4-5-26(23,24)10-13/h2-3,6-9,13,20H,4-5,10H2,1H3,(H,21,22). The van der Waals surface area contributed by atoms with Crippen molar-refractivity contribution >= 4 is 38.7 Å². The van der Waals surface area contributed by atoms with Crippen LogP contribution in [0.5, 0.6) is 5.75 Å². The second kappa shape index (κ2) is 7.51. The molecular formula is C17H18ClN3O4S. The first-order valence-corrected chi connectivity index (χ1v) is 10.1. The van der Waals surface area contributed by atoms with E-state index in [4.69, 9.17) is 16.3 Å². The van der Waals surface area contributed by atoms with E-state index in [1.54, 1.807) is 30.5 Å². The van der Waals surface area contributed by atoms with Gasteiger partial charge in [0.05, 0.1) is 41.1 Å². The molecule has 138 valence electrons. The van der Waals surface area contributed by atoms with E-state index in [-0.39, 0.29) is 23.5 Å². The molecule has 3 rings (SSSR count). The largest absolute Gasteiger partial charge is 0.495 e. The van der Waals surface area contributed by atoms with Crippen LogP contribution in [-0.4, -0.2) is 44.0 Å². The lowest BCUT2D eigenvalue weighted by molar-refractivity contribution is 0.0941. The van der Waals surface area contributed by atoms with Crippen molar-refractivity contribution in [1.29, 1.82) is 0 Å². The van der Waals surface area contributed by atoms with Crippen molar-refractivity contribution in [2.75, 3.05) is 23.9 Å². The van der Waals surface area contributed by atoms with Crippen LogP contribution < -0.4 is 15.4 Å². The number of carbonyl (C=O) groups is 1. The normalized spacial score (nSPS) is 18.3. The third kappa shape index (κ3) is 4.44. The van der Waals surface area contributed by atoms with Gasteiger partial charge in [0.1, 0.15) is 5.75 Å². The topological polar surface area (TPSA) is 97.4 Å². The fourth-order valence-corrected chi connectivity index (χ4v) is 4.65. The van der Waals surface area contributed by atoms with Crippen LogP contribution in [0.4, 0.5) is 11.4 Å². The van der Waals surface area contributed by atoms with Crippen molar-refractivity contribution in [3.05, 3.63) is 47.2 Å². The Morgan fingerprint density at radius 3 is 2.73 bits per heavy atom. The smallest absolute Gasteiger partial charge is 0.253 e. The summed E-state index contributed by atoms with van der Waals surface area (Å²) in [7, 11) is -1.51. The molecule has 9 heteroatoms. The minimum atomic E-state index is -3.05. The molecule has 7 nitrogen and oxygen atoms in total. The number of benzene rings is 1. The van der Waals surface area contributed by atoms with Crippen LogP contribution in [0.25, 0.3) is 0 Å². The maximum atomic E-state index is 12.3. The average Bonchev–Trinajstić information content (AvgIpc) is 2.94. The van der Waals surface area contributed by atoms with E-state index in [1.165, 1.54) is 13.3 Å². The average molecular weight is 396 g/mol. The second-order valence-electron chi connectivity index (χ2n) is 6.01. The van der Waals surface area contributed by atoms with Gasteiger partial charge in [-0.05, 0) is 30.7 Å². The molecule has 2 heterocycles. The number of nitrogens with one attached hydrogen (secondary N) is 2. The van der Waals surface area contributed by atoms with Gasteiger partial charge in [0.2, 0.25) is 0 Å². The number of hydrogen-bond donors (Lipinski definition) is 2. The zero-order chi connectivity index (χ0) is 18.7. The molecule has 1 amide bonds. The van der Waals surface area contributed by atoms with Gasteiger partial charge in [-0.2, -0.15) is 0 Å². The van der Waals surface area contributed by atoms with Gasteiger partial charge in [0.15, 0.2) is 9.84 Å². The molecule has 1 atom stereocenters. The molecule has 1 aliphatic rings. The maximum absolute atomic E-state index is 12.3. The van der Waals surface area contributed by atoms with E-state index < -0.39 is 9.84 Å². The lowest BCUT2D eigenvalue weighted by Crippen LogP contribution is -2.35. The van der Waals surface area contributed by atoms with Gasteiger partial charge in [-0.1, -0.05) is 11.6 Å². The van der Waals surface area contributed by atoms with E-state index in [9.17, 15) is 13.2 Å².